The minimum Gasteiger partial charge on any atom is -0.452 e. The van der Waals surface area contributed by atoms with Crippen LogP contribution in [-0.2, 0) is 20.7 Å². The molecule has 0 atom stereocenters. The molecule has 1 amide bonds. The fourth-order valence-corrected chi connectivity index (χ4v) is 2.76. The molecule has 5 heteroatoms. The van der Waals surface area contributed by atoms with Crippen LogP contribution >= 0.6 is 0 Å². The van der Waals surface area contributed by atoms with E-state index in [1.807, 2.05) is 54.6 Å². The summed E-state index contributed by atoms with van der Waals surface area (Å²) in [6, 6.07) is 23.2. The molecule has 0 saturated heterocycles. The standard InChI is InChI=1S/C24H20FNO3/c25-21-11-6-9-19(16-21)13-14-24(28)29-17-23(27)26-22-12-5-4-10-20(22)15-18-7-2-1-3-8-18/h1-14,16H,15,17H2,(H,26,27)/b14-13+. The van der Waals surface area contributed by atoms with Crippen molar-refractivity contribution < 1.29 is 18.7 Å². The van der Waals surface area contributed by atoms with Gasteiger partial charge < -0.3 is 10.1 Å². The van der Waals surface area contributed by atoms with Crippen molar-refractivity contribution in [2.24, 2.45) is 0 Å². The van der Waals surface area contributed by atoms with Crippen molar-refractivity contribution in [2.45, 2.75) is 6.42 Å². The Balaban J connectivity index is 1.54. The highest BCUT2D eigenvalue weighted by atomic mass is 19.1. The Morgan fingerprint density at radius 3 is 2.48 bits per heavy atom. The first-order chi connectivity index (χ1) is 14.1. The summed E-state index contributed by atoms with van der Waals surface area (Å²) in [7, 11) is 0. The van der Waals surface area contributed by atoms with E-state index >= 15 is 0 Å². The molecule has 3 aromatic rings. The number of hydrogen-bond acceptors (Lipinski definition) is 3. The van der Waals surface area contributed by atoms with Crippen LogP contribution in [-0.4, -0.2) is 18.5 Å². The summed E-state index contributed by atoms with van der Waals surface area (Å²) in [5, 5.41) is 2.78. The number of benzene rings is 3. The number of para-hydroxylation sites is 1. The Morgan fingerprint density at radius 1 is 0.931 bits per heavy atom. The van der Waals surface area contributed by atoms with Gasteiger partial charge in [-0.1, -0.05) is 60.7 Å². The van der Waals surface area contributed by atoms with Crippen molar-refractivity contribution in [3.8, 4) is 0 Å². The number of rotatable bonds is 7. The van der Waals surface area contributed by atoms with E-state index < -0.39 is 24.3 Å². The average molecular weight is 389 g/mol. The third kappa shape index (κ3) is 6.43. The Hall–Kier alpha value is -3.73. The number of amides is 1. The molecular formula is C24H20FNO3. The number of halogens is 1. The minimum absolute atomic E-state index is 0.394. The van der Waals surface area contributed by atoms with E-state index in [9.17, 15) is 14.0 Å². The predicted octanol–water partition coefficient (Wildman–Crippen LogP) is 4.61. The van der Waals surface area contributed by atoms with E-state index in [4.69, 9.17) is 4.74 Å². The fourth-order valence-electron chi connectivity index (χ4n) is 2.76. The van der Waals surface area contributed by atoms with Crippen molar-refractivity contribution in [1.82, 2.24) is 0 Å². The number of carbonyl (C=O) groups is 2. The van der Waals surface area contributed by atoms with E-state index in [0.717, 1.165) is 17.2 Å². The molecule has 3 rings (SSSR count). The molecule has 0 fully saturated rings. The van der Waals surface area contributed by atoms with Crippen LogP contribution in [0.25, 0.3) is 6.08 Å². The van der Waals surface area contributed by atoms with Gasteiger partial charge in [-0.05, 0) is 47.4 Å². The van der Waals surface area contributed by atoms with Crippen molar-refractivity contribution in [2.75, 3.05) is 11.9 Å². The molecule has 0 aliphatic carbocycles. The molecule has 4 nitrogen and oxygen atoms in total. The molecule has 0 aromatic heterocycles. The molecule has 1 N–H and O–H groups in total. The Kier molecular flexibility index (Phi) is 6.90. The zero-order chi connectivity index (χ0) is 20.5. The van der Waals surface area contributed by atoms with Crippen molar-refractivity contribution >= 4 is 23.6 Å². The smallest absolute Gasteiger partial charge is 0.331 e. The Labute approximate surface area is 168 Å². The van der Waals surface area contributed by atoms with Gasteiger partial charge in [0.1, 0.15) is 5.82 Å². The summed E-state index contributed by atoms with van der Waals surface area (Å²) in [5.74, 6) is -1.51. The molecule has 29 heavy (non-hydrogen) atoms. The maximum absolute atomic E-state index is 13.1. The third-order valence-corrected chi connectivity index (χ3v) is 4.13. The van der Waals surface area contributed by atoms with Gasteiger partial charge in [0.15, 0.2) is 6.61 Å². The van der Waals surface area contributed by atoms with Crippen LogP contribution in [0.15, 0.2) is 84.9 Å². The molecule has 0 aliphatic heterocycles. The molecular weight excluding hydrogens is 369 g/mol. The largest absolute Gasteiger partial charge is 0.452 e. The van der Waals surface area contributed by atoms with Gasteiger partial charge in [-0.3, -0.25) is 4.79 Å². The molecule has 0 unspecified atom stereocenters. The molecule has 146 valence electrons. The number of hydrogen-bond donors (Lipinski definition) is 1. The third-order valence-electron chi connectivity index (χ3n) is 4.13. The lowest BCUT2D eigenvalue weighted by Gasteiger charge is -2.11. The van der Waals surface area contributed by atoms with Crippen LogP contribution in [0.1, 0.15) is 16.7 Å². The summed E-state index contributed by atoms with van der Waals surface area (Å²) < 4.78 is 18.1. The van der Waals surface area contributed by atoms with Crippen LogP contribution in [0.2, 0.25) is 0 Å². The van der Waals surface area contributed by atoms with Crippen LogP contribution in [0.4, 0.5) is 10.1 Å². The topological polar surface area (TPSA) is 55.4 Å². The molecule has 0 spiro atoms. The number of nitrogens with one attached hydrogen (secondary N) is 1. The first-order valence-electron chi connectivity index (χ1n) is 9.12. The molecule has 0 saturated carbocycles. The van der Waals surface area contributed by atoms with Gasteiger partial charge in [0.05, 0.1) is 0 Å². The van der Waals surface area contributed by atoms with Gasteiger partial charge in [-0.2, -0.15) is 0 Å². The van der Waals surface area contributed by atoms with Gasteiger partial charge in [-0.25, -0.2) is 9.18 Å². The lowest BCUT2D eigenvalue weighted by Crippen LogP contribution is -2.20. The van der Waals surface area contributed by atoms with Gasteiger partial charge in [0.2, 0.25) is 0 Å². The second kappa shape index (κ2) is 9.99. The first-order valence-corrected chi connectivity index (χ1v) is 9.12. The van der Waals surface area contributed by atoms with E-state index in [0.29, 0.717) is 17.7 Å². The number of anilines is 1. The van der Waals surface area contributed by atoms with Crippen molar-refractivity contribution in [1.29, 1.82) is 0 Å². The highest BCUT2D eigenvalue weighted by molar-refractivity contribution is 5.95. The van der Waals surface area contributed by atoms with Gasteiger partial charge in [-0.15, -0.1) is 0 Å². The van der Waals surface area contributed by atoms with Crippen LogP contribution in [0.5, 0.6) is 0 Å². The predicted molar refractivity (Wildman–Crippen MR) is 111 cm³/mol. The molecule has 3 aromatic carbocycles. The number of esters is 1. The second-order valence-electron chi connectivity index (χ2n) is 6.36. The summed E-state index contributed by atoms with van der Waals surface area (Å²) in [6.07, 6.45) is 3.26. The second-order valence-corrected chi connectivity index (χ2v) is 6.36. The lowest BCUT2D eigenvalue weighted by atomic mass is 10.0. The molecule has 0 heterocycles. The lowest BCUT2D eigenvalue weighted by molar-refractivity contribution is -0.142. The van der Waals surface area contributed by atoms with Gasteiger partial charge >= 0.3 is 5.97 Å². The van der Waals surface area contributed by atoms with E-state index in [1.165, 1.54) is 18.2 Å². The summed E-state index contributed by atoms with van der Waals surface area (Å²) in [5.41, 5.74) is 3.29. The highest BCUT2D eigenvalue weighted by Gasteiger charge is 2.09. The first kappa shape index (κ1) is 20.0. The average Bonchev–Trinajstić information content (AvgIpc) is 2.73. The highest BCUT2D eigenvalue weighted by Crippen LogP contribution is 2.19. The minimum atomic E-state index is -0.679. The van der Waals surface area contributed by atoms with Crippen LogP contribution in [0, 0.1) is 5.82 Å². The Morgan fingerprint density at radius 2 is 1.69 bits per heavy atom. The van der Waals surface area contributed by atoms with Crippen molar-refractivity contribution in [3.63, 3.8) is 0 Å². The van der Waals surface area contributed by atoms with Gasteiger partial charge in [0.25, 0.3) is 5.91 Å². The summed E-state index contributed by atoms with van der Waals surface area (Å²) >= 11 is 0. The van der Waals surface area contributed by atoms with Crippen molar-refractivity contribution in [3.05, 3.63) is 107 Å². The van der Waals surface area contributed by atoms with E-state index in [2.05, 4.69) is 5.32 Å². The molecule has 0 bridgehead atoms. The maximum Gasteiger partial charge on any atom is 0.331 e. The zero-order valence-corrected chi connectivity index (χ0v) is 15.7. The molecule has 0 aliphatic rings. The van der Waals surface area contributed by atoms with Crippen LogP contribution < -0.4 is 5.32 Å². The zero-order valence-electron chi connectivity index (χ0n) is 15.7. The SMILES string of the molecule is O=C(COC(=O)/C=C/c1cccc(F)c1)Nc1ccccc1Cc1ccccc1. The summed E-state index contributed by atoms with van der Waals surface area (Å²) in [6.45, 7) is -0.411. The Bertz CT molecular complexity index is 1020. The maximum atomic E-state index is 13.1. The number of ether oxygens (including phenoxy) is 1. The van der Waals surface area contributed by atoms with Gasteiger partial charge in [0, 0.05) is 11.8 Å². The van der Waals surface area contributed by atoms with Crippen LogP contribution in [0.3, 0.4) is 0 Å². The number of carbonyl (C=O) groups excluding carboxylic acids is 2. The molecule has 0 radical (unpaired) electrons. The quantitative estimate of drug-likeness (QED) is 0.474. The van der Waals surface area contributed by atoms with E-state index in [-0.39, 0.29) is 0 Å². The normalized spacial score (nSPS) is 10.7. The fraction of sp³-hybridized carbons (Fsp3) is 0.0833. The summed E-state index contributed by atoms with van der Waals surface area (Å²) in [4.78, 5) is 24.0. The van der Waals surface area contributed by atoms with E-state index in [1.54, 1.807) is 12.1 Å². The monoisotopic (exact) mass is 389 g/mol.